The predicted molar refractivity (Wildman–Crippen MR) is 125 cm³/mol. The summed E-state index contributed by atoms with van der Waals surface area (Å²) in [4.78, 5) is 25.2. The average Bonchev–Trinajstić information content (AvgIpc) is 3.37. The SMILES string of the molecule is [C-]#[N+]c1ccc(CNC(=O)C(Nc2cc(-n3cccc3)nc(Cl)n2)C2CCCCC2)cc1. The zero-order valence-corrected chi connectivity index (χ0v) is 18.4. The summed E-state index contributed by atoms with van der Waals surface area (Å²) < 4.78 is 1.85. The van der Waals surface area contributed by atoms with Gasteiger partial charge in [-0.05, 0) is 48.1 Å². The number of halogens is 1. The molecule has 1 aromatic carbocycles. The molecule has 2 aromatic heterocycles. The number of benzene rings is 1. The van der Waals surface area contributed by atoms with E-state index in [4.69, 9.17) is 18.2 Å². The minimum atomic E-state index is -0.415. The van der Waals surface area contributed by atoms with Crippen molar-refractivity contribution in [3.63, 3.8) is 0 Å². The van der Waals surface area contributed by atoms with Gasteiger partial charge in [0.05, 0.1) is 6.57 Å². The van der Waals surface area contributed by atoms with E-state index in [1.165, 1.54) is 6.42 Å². The standard InChI is InChI=1S/C24H25ClN6O/c1-26-19-11-9-17(10-12-19)16-27-23(32)22(18-7-3-2-4-8-18)28-20-15-21(30-24(25)29-20)31-13-5-6-14-31/h5-6,9-15,18,22H,2-4,7-8,16H2,(H,27,32)(H,28,29,30). The molecule has 0 radical (unpaired) electrons. The highest BCUT2D eigenvalue weighted by atomic mass is 35.5. The third-order valence-corrected chi connectivity index (χ3v) is 5.96. The fraction of sp³-hybridized carbons (Fsp3) is 0.333. The molecular weight excluding hydrogens is 424 g/mol. The Bertz CT molecular complexity index is 1080. The molecule has 1 fully saturated rings. The summed E-state index contributed by atoms with van der Waals surface area (Å²) in [5, 5.41) is 6.52. The van der Waals surface area contributed by atoms with Crippen molar-refractivity contribution in [3.8, 4) is 5.82 Å². The van der Waals surface area contributed by atoms with Gasteiger partial charge in [-0.2, -0.15) is 4.98 Å². The summed E-state index contributed by atoms with van der Waals surface area (Å²) >= 11 is 6.18. The van der Waals surface area contributed by atoms with Gasteiger partial charge in [0.15, 0.2) is 5.69 Å². The number of carbonyl (C=O) groups excluding carboxylic acids is 1. The maximum Gasteiger partial charge on any atom is 0.243 e. The van der Waals surface area contributed by atoms with Gasteiger partial charge in [-0.25, -0.2) is 9.83 Å². The third kappa shape index (κ3) is 5.45. The summed E-state index contributed by atoms with van der Waals surface area (Å²) in [6.45, 7) is 7.47. The Morgan fingerprint density at radius 2 is 1.88 bits per heavy atom. The van der Waals surface area contributed by atoms with Crippen molar-refractivity contribution in [2.45, 2.75) is 44.7 Å². The van der Waals surface area contributed by atoms with E-state index in [-0.39, 0.29) is 17.1 Å². The van der Waals surface area contributed by atoms with Crippen LogP contribution in [0.4, 0.5) is 11.5 Å². The van der Waals surface area contributed by atoms with Gasteiger partial charge in [-0.3, -0.25) is 4.79 Å². The van der Waals surface area contributed by atoms with Crippen LogP contribution in [-0.4, -0.2) is 26.5 Å². The van der Waals surface area contributed by atoms with Crippen LogP contribution < -0.4 is 10.6 Å². The van der Waals surface area contributed by atoms with E-state index in [0.717, 1.165) is 31.2 Å². The Morgan fingerprint density at radius 1 is 1.16 bits per heavy atom. The number of rotatable bonds is 7. The maximum absolute atomic E-state index is 13.2. The van der Waals surface area contributed by atoms with Gasteiger partial charge in [-0.1, -0.05) is 43.5 Å². The first-order chi connectivity index (χ1) is 15.6. The van der Waals surface area contributed by atoms with Crippen molar-refractivity contribution in [1.29, 1.82) is 0 Å². The zero-order chi connectivity index (χ0) is 22.3. The fourth-order valence-electron chi connectivity index (χ4n) is 4.11. The van der Waals surface area contributed by atoms with Gasteiger partial charge >= 0.3 is 0 Å². The molecule has 1 atom stereocenters. The molecule has 1 amide bonds. The van der Waals surface area contributed by atoms with E-state index in [9.17, 15) is 4.79 Å². The summed E-state index contributed by atoms with van der Waals surface area (Å²) in [5.74, 6) is 1.32. The number of hydrogen-bond acceptors (Lipinski definition) is 4. The van der Waals surface area contributed by atoms with Crippen LogP contribution in [-0.2, 0) is 11.3 Å². The number of amides is 1. The van der Waals surface area contributed by atoms with Crippen molar-refractivity contribution in [2.24, 2.45) is 5.92 Å². The summed E-state index contributed by atoms with van der Waals surface area (Å²) in [5.41, 5.74) is 1.54. The lowest BCUT2D eigenvalue weighted by Gasteiger charge is -2.30. The third-order valence-electron chi connectivity index (χ3n) is 5.79. The first-order valence-corrected chi connectivity index (χ1v) is 11.2. The van der Waals surface area contributed by atoms with E-state index in [0.29, 0.717) is 23.9 Å². The molecule has 1 unspecified atom stereocenters. The van der Waals surface area contributed by atoms with Crippen LogP contribution in [0.15, 0.2) is 54.9 Å². The number of aromatic nitrogens is 3. The molecule has 2 N–H and O–H groups in total. The van der Waals surface area contributed by atoms with Crippen LogP contribution in [0.1, 0.15) is 37.7 Å². The molecule has 32 heavy (non-hydrogen) atoms. The lowest BCUT2D eigenvalue weighted by Crippen LogP contribution is -2.45. The highest BCUT2D eigenvalue weighted by molar-refractivity contribution is 6.28. The molecule has 0 aliphatic heterocycles. The van der Waals surface area contributed by atoms with Gasteiger partial charge in [0, 0.05) is 25.0 Å². The quantitative estimate of drug-likeness (QED) is 0.387. The second-order valence-electron chi connectivity index (χ2n) is 7.99. The Balaban J connectivity index is 1.51. The van der Waals surface area contributed by atoms with Crippen molar-refractivity contribution in [3.05, 3.63) is 77.1 Å². The van der Waals surface area contributed by atoms with Crippen LogP contribution in [0.5, 0.6) is 0 Å². The number of nitrogens with one attached hydrogen (secondary N) is 2. The predicted octanol–water partition coefficient (Wildman–Crippen LogP) is 5.15. The number of carbonyl (C=O) groups is 1. The Hall–Kier alpha value is -3.37. The van der Waals surface area contributed by atoms with E-state index >= 15 is 0 Å². The zero-order valence-electron chi connectivity index (χ0n) is 17.7. The van der Waals surface area contributed by atoms with Gasteiger partial charge in [0.2, 0.25) is 11.2 Å². The van der Waals surface area contributed by atoms with Crippen molar-refractivity contribution < 1.29 is 4.79 Å². The lowest BCUT2D eigenvalue weighted by atomic mass is 9.83. The number of anilines is 1. The molecule has 164 valence electrons. The fourth-order valence-corrected chi connectivity index (χ4v) is 4.29. The smallest absolute Gasteiger partial charge is 0.243 e. The van der Waals surface area contributed by atoms with Crippen LogP contribution in [0.3, 0.4) is 0 Å². The molecule has 1 aliphatic carbocycles. The Kier molecular flexibility index (Phi) is 7.03. The van der Waals surface area contributed by atoms with E-state index in [1.807, 2.05) is 41.2 Å². The highest BCUT2D eigenvalue weighted by Gasteiger charge is 2.30. The van der Waals surface area contributed by atoms with Gasteiger partial charge < -0.3 is 15.2 Å². The summed E-state index contributed by atoms with van der Waals surface area (Å²) in [7, 11) is 0. The molecule has 0 bridgehead atoms. The molecular formula is C24H25ClN6O. The molecule has 1 saturated carbocycles. The first-order valence-electron chi connectivity index (χ1n) is 10.8. The molecule has 0 spiro atoms. The van der Waals surface area contributed by atoms with Crippen molar-refractivity contribution in [1.82, 2.24) is 19.9 Å². The molecule has 4 rings (SSSR count). The summed E-state index contributed by atoms with van der Waals surface area (Å²) in [6.07, 6.45) is 9.19. The van der Waals surface area contributed by atoms with Gasteiger partial charge in [0.25, 0.3) is 0 Å². The second kappa shape index (κ2) is 10.3. The number of nitrogens with zero attached hydrogens (tertiary/aromatic N) is 4. The molecule has 1 aliphatic rings. The van der Waals surface area contributed by atoms with Crippen LogP contribution in [0.2, 0.25) is 5.28 Å². The average molecular weight is 449 g/mol. The Morgan fingerprint density at radius 3 is 2.56 bits per heavy atom. The largest absolute Gasteiger partial charge is 0.358 e. The number of hydrogen-bond donors (Lipinski definition) is 2. The van der Waals surface area contributed by atoms with E-state index < -0.39 is 6.04 Å². The van der Waals surface area contributed by atoms with Crippen LogP contribution in [0, 0.1) is 12.5 Å². The van der Waals surface area contributed by atoms with Crippen molar-refractivity contribution in [2.75, 3.05) is 5.32 Å². The molecule has 0 saturated heterocycles. The topological polar surface area (TPSA) is 76.2 Å². The van der Waals surface area contributed by atoms with Crippen LogP contribution in [0.25, 0.3) is 10.7 Å². The first kappa shape index (κ1) is 21.8. The minimum absolute atomic E-state index is 0.0663. The van der Waals surface area contributed by atoms with Crippen LogP contribution >= 0.6 is 11.6 Å². The minimum Gasteiger partial charge on any atom is -0.358 e. The van der Waals surface area contributed by atoms with Gasteiger partial charge in [0.1, 0.15) is 17.7 Å². The maximum atomic E-state index is 13.2. The van der Waals surface area contributed by atoms with Gasteiger partial charge in [-0.15, -0.1) is 0 Å². The Labute approximate surface area is 192 Å². The van der Waals surface area contributed by atoms with E-state index in [1.54, 1.807) is 18.2 Å². The highest BCUT2D eigenvalue weighted by Crippen LogP contribution is 2.29. The lowest BCUT2D eigenvalue weighted by molar-refractivity contribution is -0.123. The molecule has 7 nitrogen and oxygen atoms in total. The second-order valence-corrected chi connectivity index (χ2v) is 8.32. The summed E-state index contributed by atoms with van der Waals surface area (Å²) in [6, 6.07) is 12.5. The monoisotopic (exact) mass is 448 g/mol. The van der Waals surface area contributed by atoms with Crippen molar-refractivity contribution >= 4 is 29.0 Å². The molecule has 2 heterocycles. The molecule has 8 heteroatoms. The molecule has 3 aromatic rings. The van der Waals surface area contributed by atoms with E-state index in [2.05, 4.69) is 25.4 Å². The normalized spacial score (nSPS) is 15.0.